The van der Waals surface area contributed by atoms with E-state index in [2.05, 4.69) is 21.2 Å². The lowest BCUT2D eigenvalue weighted by atomic mass is 9.85. The fraction of sp³-hybridized carbons (Fsp3) is 0.429. The standard InChI is InChI=1S/C28H31F3N4O4/c1-6-7-8-9-17(2)21-16-34(26(37)38-27(3,4)5)13-12-22(21)35-15-19-11-10-18(14-20(19)24(35)36)23-32-25(39-33-23)28(29,30)31/h6-11,14,21-22H,2,12-13,15-16H2,1,3-5H3/b7-6-,9-8-/t21-,22+/m1/s1. The molecule has 39 heavy (non-hydrogen) atoms. The van der Waals surface area contributed by atoms with Crippen molar-refractivity contribution in [2.75, 3.05) is 13.1 Å². The molecule has 1 saturated heterocycles. The van der Waals surface area contributed by atoms with Gasteiger partial charge in [0.2, 0.25) is 5.82 Å². The van der Waals surface area contributed by atoms with Crippen LogP contribution in [-0.4, -0.2) is 56.7 Å². The van der Waals surface area contributed by atoms with Gasteiger partial charge in [-0.2, -0.15) is 18.2 Å². The first kappa shape index (κ1) is 28.1. The number of halogens is 3. The number of aromatic nitrogens is 2. The maximum absolute atomic E-state index is 13.6. The molecular weight excluding hydrogens is 513 g/mol. The van der Waals surface area contributed by atoms with E-state index < -0.39 is 23.8 Å². The van der Waals surface area contributed by atoms with Gasteiger partial charge in [-0.3, -0.25) is 4.79 Å². The minimum Gasteiger partial charge on any atom is -0.444 e. The van der Waals surface area contributed by atoms with Crippen LogP contribution in [0, 0.1) is 5.92 Å². The summed E-state index contributed by atoms with van der Waals surface area (Å²) in [6, 6.07) is 4.51. The van der Waals surface area contributed by atoms with Crippen molar-refractivity contribution in [2.24, 2.45) is 5.92 Å². The lowest BCUT2D eigenvalue weighted by Gasteiger charge is -2.43. The molecule has 0 spiro atoms. The molecule has 4 rings (SSSR count). The van der Waals surface area contributed by atoms with Crippen LogP contribution in [0.15, 0.2) is 59.2 Å². The van der Waals surface area contributed by atoms with E-state index in [1.807, 2.05) is 31.2 Å². The first-order valence-electron chi connectivity index (χ1n) is 12.6. The molecule has 3 heterocycles. The summed E-state index contributed by atoms with van der Waals surface area (Å²) in [4.78, 5) is 33.2. The van der Waals surface area contributed by atoms with Crippen LogP contribution < -0.4 is 0 Å². The van der Waals surface area contributed by atoms with Gasteiger partial charge >= 0.3 is 18.2 Å². The molecule has 0 bridgehead atoms. The normalized spacial score (nSPS) is 20.2. The zero-order valence-electron chi connectivity index (χ0n) is 22.3. The van der Waals surface area contributed by atoms with Crippen molar-refractivity contribution in [2.45, 2.75) is 58.5 Å². The number of carbonyl (C=O) groups excluding carboxylic acids is 2. The average molecular weight is 545 g/mol. The van der Waals surface area contributed by atoms with Gasteiger partial charge in [-0.25, -0.2) is 4.79 Å². The maximum Gasteiger partial charge on any atom is 0.471 e. The Hall–Kier alpha value is -3.89. The molecule has 2 aliphatic heterocycles. The molecule has 1 aromatic heterocycles. The van der Waals surface area contributed by atoms with Gasteiger partial charge in [-0.05, 0) is 51.3 Å². The number of hydrogen-bond donors (Lipinski definition) is 0. The molecule has 0 radical (unpaired) electrons. The first-order valence-corrected chi connectivity index (χ1v) is 12.6. The molecule has 0 unspecified atom stereocenters. The van der Waals surface area contributed by atoms with Crippen LogP contribution in [0.25, 0.3) is 11.4 Å². The first-order chi connectivity index (χ1) is 18.3. The minimum absolute atomic E-state index is 0.248. The van der Waals surface area contributed by atoms with Gasteiger partial charge in [-0.15, -0.1) is 0 Å². The number of allylic oxidation sites excluding steroid dienone is 4. The quantitative estimate of drug-likeness (QED) is 0.428. The Morgan fingerprint density at radius 1 is 1.23 bits per heavy atom. The zero-order valence-corrected chi connectivity index (χ0v) is 22.3. The van der Waals surface area contributed by atoms with E-state index in [9.17, 15) is 22.8 Å². The van der Waals surface area contributed by atoms with Crippen LogP contribution in [-0.2, 0) is 17.5 Å². The molecule has 1 aromatic carbocycles. The number of fused-ring (bicyclic) bond motifs is 1. The topological polar surface area (TPSA) is 88.8 Å². The zero-order chi connectivity index (χ0) is 28.5. The minimum atomic E-state index is -4.76. The smallest absolute Gasteiger partial charge is 0.444 e. The van der Waals surface area contributed by atoms with Crippen molar-refractivity contribution in [1.82, 2.24) is 19.9 Å². The van der Waals surface area contributed by atoms with E-state index in [1.165, 1.54) is 6.07 Å². The molecule has 2 aromatic rings. The van der Waals surface area contributed by atoms with Crippen LogP contribution in [0.4, 0.5) is 18.0 Å². The number of hydrogen-bond acceptors (Lipinski definition) is 6. The van der Waals surface area contributed by atoms with Gasteiger partial charge in [0.25, 0.3) is 5.91 Å². The lowest BCUT2D eigenvalue weighted by Crippen LogP contribution is -2.53. The van der Waals surface area contributed by atoms with E-state index in [0.29, 0.717) is 31.6 Å². The van der Waals surface area contributed by atoms with Crippen molar-refractivity contribution < 1.29 is 32.0 Å². The van der Waals surface area contributed by atoms with E-state index in [-0.39, 0.29) is 29.3 Å². The highest BCUT2D eigenvalue weighted by Gasteiger charge is 2.42. The number of nitrogens with zero attached hydrogens (tertiary/aromatic N) is 4. The molecule has 0 saturated carbocycles. The number of piperidine rings is 1. The van der Waals surface area contributed by atoms with Gasteiger partial charge < -0.3 is 19.1 Å². The van der Waals surface area contributed by atoms with E-state index in [4.69, 9.17) is 4.74 Å². The Morgan fingerprint density at radius 2 is 1.97 bits per heavy atom. The van der Waals surface area contributed by atoms with Crippen molar-refractivity contribution in [3.05, 3.63) is 71.7 Å². The van der Waals surface area contributed by atoms with Crippen molar-refractivity contribution in [3.63, 3.8) is 0 Å². The molecule has 8 nitrogen and oxygen atoms in total. The second-order valence-corrected chi connectivity index (χ2v) is 10.6. The van der Waals surface area contributed by atoms with Gasteiger partial charge in [0.05, 0.1) is 0 Å². The lowest BCUT2D eigenvalue weighted by molar-refractivity contribution is -0.159. The van der Waals surface area contributed by atoms with Gasteiger partial charge in [0, 0.05) is 42.7 Å². The Kier molecular flexibility index (Phi) is 7.72. The van der Waals surface area contributed by atoms with Gasteiger partial charge in [0.15, 0.2) is 0 Å². The molecule has 2 aliphatic rings. The van der Waals surface area contributed by atoms with E-state index >= 15 is 0 Å². The van der Waals surface area contributed by atoms with Crippen LogP contribution in [0.5, 0.6) is 0 Å². The predicted octanol–water partition coefficient (Wildman–Crippen LogP) is 6.03. The number of ether oxygens (including phenoxy) is 1. The summed E-state index contributed by atoms with van der Waals surface area (Å²) in [7, 11) is 0. The number of rotatable bonds is 5. The van der Waals surface area contributed by atoms with Crippen LogP contribution in [0.2, 0.25) is 0 Å². The number of carbonyl (C=O) groups is 2. The fourth-order valence-corrected chi connectivity index (χ4v) is 4.77. The molecule has 11 heteroatoms. The molecular formula is C28H31F3N4O4. The number of amides is 2. The summed E-state index contributed by atoms with van der Waals surface area (Å²) < 4.78 is 48.6. The van der Waals surface area contributed by atoms with Crippen LogP contribution in [0.3, 0.4) is 0 Å². The predicted molar refractivity (Wildman–Crippen MR) is 137 cm³/mol. The second-order valence-electron chi connectivity index (χ2n) is 10.6. The Morgan fingerprint density at radius 3 is 2.62 bits per heavy atom. The molecule has 0 N–H and O–H groups in total. The summed E-state index contributed by atoms with van der Waals surface area (Å²) in [5.41, 5.74) is 1.48. The fourth-order valence-electron chi connectivity index (χ4n) is 4.77. The Balaban J connectivity index is 1.58. The van der Waals surface area contributed by atoms with Crippen molar-refractivity contribution in [3.8, 4) is 11.4 Å². The van der Waals surface area contributed by atoms with Gasteiger partial charge in [-0.1, -0.05) is 48.2 Å². The third-order valence-corrected chi connectivity index (χ3v) is 6.59. The highest BCUT2D eigenvalue weighted by Crippen LogP contribution is 2.36. The molecule has 2 atom stereocenters. The summed E-state index contributed by atoms with van der Waals surface area (Å²) >= 11 is 0. The monoisotopic (exact) mass is 544 g/mol. The third kappa shape index (κ3) is 6.23. The Bertz CT molecular complexity index is 1320. The molecule has 1 fully saturated rings. The highest BCUT2D eigenvalue weighted by molar-refractivity contribution is 5.99. The molecule has 208 valence electrons. The number of benzene rings is 1. The summed E-state index contributed by atoms with van der Waals surface area (Å²) in [6.07, 6.45) is 2.81. The average Bonchev–Trinajstić information content (AvgIpc) is 3.48. The largest absolute Gasteiger partial charge is 0.471 e. The van der Waals surface area contributed by atoms with Crippen molar-refractivity contribution >= 4 is 12.0 Å². The van der Waals surface area contributed by atoms with Crippen LogP contribution >= 0.6 is 0 Å². The second kappa shape index (κ2) is 10.7. The molecule has 0 aliphatic carbocycles. The maximum atomic E-state index is 13.6. The highest BCUT2D eigenvalue weighted by atomic mass is 19.4. The number of likely N-dealkylation sites (tertiary alicyclic amines) is 1. The summed E-state index contributed by atoms with van der Waals surface area (Å²) in [6.45, 7) is 12.6. The van der Waals surface area contributed by atoms with E-state index in [0.717, 1.165) is 11.1 Å². The van der Waals surface area contributed by atoms with Crippen molar-refractivity contribution in [1.29, 1.82) is 0 Å². The Labute approximate surface area is 224 Å². The summed E-state index contributed by atoms with van der Waals surface area (Å²) in [5, 5.41) is 3.43. The van der Waals surface area contributed by atoms with E-state index in [1.54, 1.807) is 42.7 Å². The van der Waals surface area contributed by atoms with Crippen LogP contribution in [0.1, 0.15) is 55.9 Å². The number of alkyl halides is 3. The SMILES string of the molecule is C=C(/C=C\C=C/C)[C@H]1CN(C(=O)OC(C)(C)C)CC[C@@H]1N1Cc2ccc(-c3noc(C(F)(F)F)n3)cc2C1=O. The summed E-state index contributed by atoms with van der Waals surface area (Å²) in [5.74, 6) is -2.20. The molecule has 2 amide bonds. The third-order valence-electron chi connectivity index (χ3n) is 6.59. The van der Waals surface area contributed by atoms with Gasteiger partial charge in [0.1, 0.15) is 5.60 Å².